The van der Waals surface area contributed by atoms with E-state index in [0.29, 0.717) is 5.58 Å². The van der Waals surface area contributed by atoms with E-state index in [1.165, 1.54) is 12.1 Å². The highest BCUT2D eigenvalue weighted by molar-refractivity contribution is 6.06. The molecule has 0 saturated heterocycles. The van der Waals surface area contributed by atoms with Gasteiger partial charge >= 0.3 is 0 Å². The summed E-state index contributed by atoms with van der Waals surface area (Å²) in [6, 6.07) is 8.73. The second-order valence-corrected chi connectivity index (χ2v) is 5.48. The van der Waals surface area contributed by atoms with Gasteiger partial charge in [0.25, 0.3) is 0 Å². The Labute approximate surface area is 126 Å². The highest BCUT2D eigenvalue weighted by atomic mass is 19.1. The van der Waals surface area contributed by atoms with Crippen molar-refractivity contribution >= 4 is 21.9 Å². The highest BCUT2D eigenvalue weighted by Gasteiger charge is 2.16. The zero-order valence-corrected chi connectivity index (χ0v) is 12.3. The summed E-state index contributed by atoms with van der Waals surface area (Å²) < 4.78 is 21.2. The van der Waals surface area contributed by atoms with E-state index < -0.39 is 0 Å². The van der Waals surface area contributed by atoms with Crippen molar-refractivity contribution in [2.24, 2.45) is 7.05 Å². The third-order valence-electron chi connectivity index (χ3n) is 4.01. The Balaban J connectivity index is 2.04. The van der Waals surface area contributed by atoms with E-state index >= 15 is 0 Å². The van der Waals surface area contributed by atoms with Gasteiger partial charge in [0.2, 0.25) is 5.69 Å². The molecule has 0 unspecified atom stereocenters. The summed E-state index contributed by atoms with van der Waals surface area (Å²) in [5, 5.41) is 1.93. The number of hydrogen-bond acceptors (Lipinski definition) is 2. The molecule has 0 aliphatic heterocycles. The lowest BCUT2D eigenvalue weighted by Gasteiger charge is -2.03. The molecule has 2 aromatic heterocycles. The van der Waals surface area contributed by atoms with Gasteiger partial charge < -0.3 is 4.42 Å². The number of fused-ring (bicyclic) bond motifs is 3. The van der Waals surface area contributed by atoms with E-state index in [1.807, 2.05) is 30.1 Å². The fraction of sp³-hybridized carbons (Fsp3) is 0.111. The van der Waals surface area contributed by atoms with Gasteiger partial charge in [0.1, 0.15) is 24.0 Å². The van der Waals surface area contributed by atoms with Crippen molar-refractivity contribution in [1.82, 2.24) is 4.98 Å². The van der Waals surface area contributed by atoms with Crippen molar-refractivity contribution in [3.8, 4) is 11.3 Å². The molecule has 4 rings (SSSR count). The zero-order chi connectivity index (χ0) is 15.3. The molecule has 108 valence electrons. The van der Waals surface area contributed by atoms with Crippen LogP contribution in [-0.4, -0.2) is 4.98 Å². The average molecular weight is 293 g/mol. The molecule has 4 aromatic rings. The van der Waals surface area contributed by atoms with Crippen molar-refractivity contribution < 1.29 is 13.4 Å². The van der Waals surface area contributed by atoms with Crippen LogP contribution in [0.2, 0.25) is 0 Å². The normalized spacial score (nSPS) is 11.4. The molecule has 4 heteroatoms. The molecule has 0 amide bonds. The first kappa shape index (κ1) is 13.0. The summed E-state index contributed by atoms with van der Waals surface area (Å²) in [4.78, 5) is 4.20. The summed E-state index contributed by atoms with van der Waals surface area (Å²) in [7, 11) is 1.98. The van der Waals surface area contributed by atoms with E-state index in [9.17, 15) is 4.39 Å². The molecule has 0 spiro atoms. The molecule has 2 aromatic carbocycles. The van der Waals surface area contributed by atoms with Crippen LogP contribution in [0, 0.1) is 12.7 Å². The molecule has 0 aliphatic rings. The summed E-state index contributed by atoms with van der Waals surface area (Å²) in [5.74, 6) is -0.290. The fourth-order valence-corrected chi connectivity index (χ4v) is 2.86. The fourth-order valence-electron chi connectivity index (χ4n) is 2.86. The van der Waals surface area contributed by atoms with Crippen LogP contribution in [0.1, 0.15) is 5.56 Å². The standard InChI is InChI=1S/C18H14FN2O/c1-11-7-15-13-4-3-12(19)8-17(13)22-18(15)9-14(11)16-10-20-5-6-21(16)2/h3-10H,1-2H3/q+1. The Bertz CT molecular complexity index is 1020. The number of halogens is 1. The molecular weight excluding hydrogens is 279 g/mol. The number of hydrogen-bond donors (Lipinski definition) is 0. The topological polar surface area (TPSA) is 29.9 Å². The molecule has 0 fully saturated rings. The summed E-state index contributed by atoms with van der Waals surface area (Å²) in [6.45, 7) is 2.06. The number of aryl methyl sites for hydroxylation is 2. The highest BCUT2D eigenvalue weighted by Crippen LogP contribution is 2.33. The minimum absolute atomic E-state index is 0.290. The molecule has 0 N–H and O–H groups in total. The molecule has 22 heavy (non-hydrogen) atoms. The van der Waals surface area contributed by atoms with Gasteiger partial charge in [-0.2, -0.15) is 4.57 Å². The first-order chi connectivity index (χ1) is 10.6. The largest absolute Gasteiger partial charge is 0.456 e. The van der Waals surface area contributed by atoms with Crippen molar-refractivity contribution in [2.45, 2.75) is 6.92 Å². The molecule has 0 radical (unpaired) electrons. The Morgan fingerprint density at radius 1 is 1.09 bits per heavy atom. The smallest absolute Gasteiger partial charge is 0.231 e. The second-order valence-electron chi connectivity index (χ2n) is 5.48. The maximum Gasteiger partial charge on any atom is 0.231 e. The van der Waals surface area contributed by atoms with Crippen LogP contribution in [0.3, 0.4) is 0 Å². The molecule has 0 bridgehead atoms. The summed E-state index contributed by atoms with van der Waals surface area (Å²) >= 11 is 0. The van der Waals surface area contributed by atoms with Crippen LogP contribution in [0.15, 0.2) is 53.3 Å². The minimum atomic E-state index is -0.290. The third-order valence-corrected chi connectivity index (χ3v) is 4.01. The van der Waals surface area contributed by atoms with Crippen LogP contribution in [0.4, 0.5) is 4.39 Å². The Morgan fingerprint density at radius 2 is 1.91 bits per heavy atom. The van der Waals surface area contributed by atoms with Crippen LogP contribution < -0.4 is 4.57 Å². The lowest BCUT2D eigenvalue weighted by Crippen LogP contribution is -2.30. The lowest BCUT2D eigenvalue weighted by molar-refractivity contribution is -0.660. The summed E-state index contributed by atoms with van der Waals surface area (Å²) in [6.07, 6.45) is 5.49. The lowest BCUT2D eigenvalue weighted by atomic mass is 10.0. The number of furan rings is 1. The maximum absolute atomic E-state index is 13.4. The SMILES string of the molecule is Cc1cc2c(cc1-c1cncc[n+]1C)oc1cc(F)ccc12. The van der Waals surface area contributed by atoms with Crippen molar-refractivity contribution in [2.75, 3.05) is 0 Å². The second kappa shape index (κ2) is 4.63. The molecule has 3 nitrogen and oxygen atoms in total. The zero-order valence-electron chi connectivity index (χ0n) is 12.3. The van der Waals surface area contributed by atoms with Gasteiger partial charge in [0.05, 0.1) is 18.0 Å². The Hall–Kier alpha value is -2.75. The van der Waals surface area contributed by atoms with Crippen LogP contribution in [-0.2, 0) is 7.05 Å². The maximum atomic E-state index is 13.4. The molecule has 0 atom stereocenters. The van der Waals surface area contributed by atoms with E-state index in [4.69, 9.17) is 4.42 Å². The minimum Gasteiger partial charge on any atom is -0.456 e. The van der Waals surface area contributed by atoms with Gasteiger partial charge in [0.15, 0.2) is 6.20 Å². The molecule has 0 saturated carbocycles. The van der Waals surface area contributed by atoms with E-state index in [0.717, 1.165) is 33.2 Å². The van der Waals surface area contributed by atoms with Gasteiger partial charge in [-0.05, 0) is 36.8 Å². The van der Waals surface area contributed by atoms with E-state index in [1.54, 1.807) is 12.3 Å². The first-order valence-corrected chi connectivity index (χ1v) is 7.06. The van der Waals surface area contributed by atoms with Gasteiger partial charge in [-0.15, -0.1) is 0 Å². The number of benzene rings is 2. The van der Waals surface area contributed by atoms with Gasteiger partial charge in [0, 0.05) is 16.8 Å². The van der Waals surface area contributed by atoms with Crippen LogP contribution >= 0.6 is 0 Å². The number of rotatable bonds is 1. The first-order valence-electron chi connectivity index (χ1n) is 7.06. The van der Waals surface area contributed by atoms with Crippen LogP contribution in [0.5, 0.6) is 0 Å². The predicted octanol–water partition coefficient (Wildman–Crippen LogP) is 3.92. The molecular formula is C18H14FN2O+. The number of nitrogens with zero attached hydrogens (tertiary/aromatic N) is 2. The number of aromatic nitrogens is 2. The monoisotopic (exact) mass is 293 g/mol. The Morgan fingerprint density at radius 3 is 2.73 bits per heavy atom. The van der Waals surface area contributed by atoms with Gasteiger partial charge in [-0.25, -0.2) is 4.39 Å². The average Bonchev–Trinajstić information content (AvgIpc) is 2.83. The molecule has 0 aliphatic carbocycles. The van der Waals surface area contributed by atoms with Gasteiger partial charge in [-0.1, -0.05) is 0 Å². The quantitative estimate of drug-likeness (QED) is 0.498. The van der Waals surface area contributed by atoms with Crippen molar-refractivity contribution in [1.29, 1.82) is 0 Å². The summed E-state index contributed by atoms with van der Waals surface area (Å²) in [5.41, 5.74) is 4.52. The van der Waals surface area contributed by atoms with Crippen LogP contribution in [0.25, 0.3) is 33.2 Å². The predicted molar refractivity (Wildman–Crippen MR) is 82.8 cm³/mol. The van der Waals surface area contributed by atoms with Gasteiger partial charge in [-0.3, -0.25) is 4.98 Å². The van der Waals surface area contributed by atoms with Crippen molar-refractivity contribution in [3.05, 3.63) is 60.3 Å². The van der Waals surface area contributed by atoms with Crippen molar-refractivity contribution in [3.63, 3.8) is 0 Å². The van der Waals surface area contributed by atoms with E-state index in [2.05, 4.69) is 18.0 Å². The Kier molecular flexibility index (Phi) is 2.73. The van der Waals surface area contributed by atoms with E-state index in [-0.39, 0.29) is 5.82 Å². The third kappa shape index (κ3) is 1.88. The molecule has 2 heterocycles.